The molecule has 0 aliphatic carbocycles. The standard InChI is InChI=1S/C14H20BrN3O/c1-3-17(4-2)13-6-5-12(9-16-13)18-10-11(8-15)7-14(18)19/h5-6,9,11H,3-4,7-8,10H2,1-2H3. The second kappa shape index (κ2) is 6.37. The molecule has 1 aliphatic rings. The predicted octanol–water partition coefficient (Wildman–Crippen LogP) is 2.68. The van der Waals surface area contributed by atoms with Gasteiger partial charge in [-0.1, -0.05) is 15.9 Å². The number of carbonyl (C=O) groups excluding carboxylic acids is 1. The van der Waals surface area contributed by atoms with Crippen molar-refractivity contribution in [2.24, 2.45) is 5.92 Å². The topological polar surface area (TPSA) is 36.4 Å². The number of amides is 1. The van der Waals surface area contributed by atoms with Crippen molar-refractivity contribution < 1.29 is 4.79 Å². The van der Waals surface area contributed by atoms with Gasteiger partial charge in [0.25, 0.3) is 0 Å². The van der Waals surface area contributed by atoms with E-state index < -0.39 is 0 Å². The largest absolute Gasteiger partial charge is 0.357 e. The van der Waals surface area contributed by atoms with Crippen LogP contribution in [0.25, 0.3) is 0 Å². The Hall–Kier alpha value is -1.10. The summed E-state index contributed by atoms with van der Waals surface area (Å²) >= 11 is 3.45. The fourth-order valence-electron chi connectivity index (χ4n) is 2.41. The van der Waals surface area contributed by atoms with Crippen molar-refractivity contribution >= 4 is 33.3 Å². The van der Waals surface area contributed by atoms with Crippen molar-refractivity contribution in [2.75, 3.05) is 34.8 Å². The minimum Gasteiger partial charge on any atom is -0.357 e. The normalized spacial score (nSPS) is 19.0. The lowest BCUT2D eigenvalue weighted by atomic mass is 10.2. The SMILES string of the molecule is CCN(CC)c1ccc(N2CC(CBr)CC2=O)cn1. The number of pyridine rings is 1. The van der Waals surface area contributed by atoms with E-state index in [-0.39, 0.29) is 5.91 Å². The Balaban J connectivity index is 2.12. The molecule has 1 saturated heterocycles. The van der Waals surface area contributed by atoms with Gasteiger partial charge in [0.2, 0.25) is 5.91 Å². The van der Waals surface area contributed by atoms with E-state index in [1.165, 1.54) is 0 Å². The molecule has 5 heteroatoms. The maximum Gasteiger partial charge on any atom is 0.227 e. The molecule has 1 aromatic rings. The molecule has 1 fully saturated rings. The first-order valence-electron chi connectivity index (χ1n) is 6.76. The molecule has 1 unspecified atom stereocenters. The Bertz CT molecular complexity index is 431. The molecule has 1 atom stereocenters. The molecular weight excluding hydrogens is 306 g/mol. The van der Waals surface area contributed by atoms with Crippen LogP contribution in [-0.2, 0) is 4.79 Å². The fourth-order valence-corrected chi connectivity index (χ4v) is 2.84. The number of anilines is 2. The number of alkyl halides is 1. The monoisotopic (exact) mass is 325 g/mol. The summed E-state index contributed by atoms with van der Waals surface area (Å²) in [6, 6.07) is 3.99. The van der Waals surface area contributed by atoms with E-state index in [2.05, 4.69) is 39.7 Å². The summed E-state index contributed by atoms with van der Waals surface area (Å²) < 4.78 is 0. The number of aromatic nitrogens is 1. The summed E-state index contributed by atoms with van der Waals surface area (Å²) in [5.41, 5.74) is 0.907. The first-order valence-corrected chi connectivity index (χ1v) is 7.89. The van der Waals surface area contributed by atoms with E-state index >= 15 is 0 Å². The van der Waals surface area contributed by atoms with Gasteiger partial charge in [-0.3, -0.25) is 4.79 Å². The Kier molecular flexibility index (Phi) is 4.80. The highest BCUT2D eigenvalue weighted by atomic mass is 79.9. The van der Waals surface area contributed by atoms with Crippen LogP contribution in [-0.4, -0.2) is 35.9 Å². The van der Waals surface area contributed by atoms with Gasteiger partial charge in [-0.25, -0.2) is 4.98 Å². The van der Waals surface area contributed by atoms with Crippen LogP contribution >= 0.6 is 15.9 Å². The van der Waals surface area contributed by atoms with Gasteiger partial charge in [0.05, 0.1) is 11.9 Å². The molecule has 104 valence electrons. The maximum atomic E-state index is 11.9. The molecule has 1 aliphatic heterocycles. The molecule has 4 nitrogen and oxygen atoms in total. The van der Waals surface area contributed by atoms with Crippen LogP contribution in [0.15, 0.2) is 18.3 Å². The minimum atomic E-state index is 0.196. The Morgan fingerprint density at radius 3 is 2.63 bits per heavy atom. The first kappa shape index (κ1) is 14.3. The Morgan fingerprint density at radius 2 is 2.16 bits per heavy atom. The third-order valence-corrected chi connectivity index (χ3v) is 4.47. The molecule has 0 spiro atoms. The molecule has 0 saturated carbocycles. The van der Waals surface area contributed by atoms with Gasteiger partial charge in [0.15, 0.2) is 0 Å². The number of hydrogen-bond acceptors (Lipinski definition) is 3. The van der Waals surface area contributed by atoms with Gasteiger partial charge in [0.1, 0.15) is 5.82 Å². The third-order valence-electron chi connectivity index (χ3n) is 3.55. The van der Waals surface area contributed by atoms with E-state index in [1.807, 2.05) is 23.2 Å². The highest BCUT2D eigenvalue weighted by Gasteiger charge is 2.29. The summed E-state index contributed by atoms with van der Waals surface area (Å²) in [4.78, 5) is 20.4. The summed E-state index contributed by atoms with van der Waals surface area (Å²) in [6.45, 7) is 6.90. The summed E-state index contributed by atoms with van der Waals surface area (Å²) in [7, 11) is 0. The van der Waals surface area contributed by atoms with E-state index in [1.54, 1.807) is 0 Å². The van der Waals surface area contributed by atoms with Crippen LogP contribution in [0.5, 0.6) is 0 Å². The van der Waals surface area contributed by atoms with Gasteiger partial charge in [0, 0.05) is 31.4 Å². The number of nitrogens with zero attached hydrogens (tertiary/aromatic N) is 3. The summed E-state index contributed by atoms with van der Waals surface area (Å²) in [6.07, 6.45) is 2.44. The average Bonchev–Trinajstić information content (AvgIpc) is 2.82. The predicted molar refractivity (Wildman–Crippen MR) is 82.1 cm³/mol. The average molecular weight is 326 g/mol. The zero-order chi connectivity index (χ0) is 13.8. The van der Waals surface area contributed by atoms with Crippen molar-refractivity contribution in [1.29, 1.82) is 0 Å². The fraction of sp³-hybridized carbons (Fsp3) is 0.571. The van der Waals surface area contributed by atoms with Crippen molar-refractivity contribution in [3.63, 3.8) is 0 Å². The molecule has 2 heterocycles. The van der Waals surface area contributed by atoms with Gasteiger partial charge in [-0.2, -0.15) is 0 Å². The smallest absolute Gasteiger partial charge is 0.227 e. The van der Waals surface area contributed by atoms with Crippen LogP contribution in [0.3, 0.4) is 0 Å². The van der Waals surface area contributed by atoms with Crippen molar-refractivity contribution in [1.82, 2.24) is 4.98 Å². The van der Waals surface area contributed by atoms with E-state index in [9.17, 15) is 4.79 Å². The van der Waals surface area contributed by atoms with Gasteiger partial charge < -0.3 is 9.80 Å². The van der Waals surface area contributed by atoms with Crippen molar-refractivity contribution in [3.05, 3.63) is 18.3 Å². The molecule has 0 bridgehead atoms. The van der Waals surface area contributed by atoms with E-state index in [0.29, 0.717) is 12.3 Å². The Morgan fingerprint density at radius 1 is 1.42 bits per heavy atom. The highest BCUT2D eigenvalue weighted by molar-refractivity contribution is 9.09. The van der Waals surface area contributed by atoms with Crippen LogP contribution < -0.4 is 9.80 Å². The second-order valence-electron chi connectivity index (χ2n) is 4.78. The molecule has 0 radical (unpaired) electrons. The van der Waals surface area contributed by atoms with Crippen LogP contribution in [0.4, 0.5) is 11.5 Å². The van der Waals surface area contributed by atoms with Gasteiger partial charge in [-0.15, -0.1) is 0 Å². The quantitative estimate of drug-likeness (QED) is 0.781. The highest BCUT2D eigenvalue weighted by Crippen LogP contribution is 2.26. The minimum absolute atomic E-state index is 0.196. The van der Waals surface area contributed by atoms with Crippen molar-refractivity contribution in [2.45, 2.75) is 20.3 Å². The van der Waals surface area contributed by atoms with Crippen molar-refractivity contribution in [3.8, 4) is 0 Å². The van der Waals surface area contributed by atoms with E-state index in [0.717, 1.165) is 36.5 Å². The van der Waals surface area contributed by atoms with E-state index in [4.69, 9.17) is 0 Å². The molecule has 19 heavy (non-hydrogen) atoms. The number of carbonyl (C=O) groups is 1. The molecule has 0 N–H and O–H groups in total. The second-order valence-corrected chi connectivity index (χ2v) is 5.42. The van der Waals surface area contributed by atoms with Gasteiger partial charge in [-0.05, 0) is 31.9 Å². The lowest BCUT2D eigenvalue weighted by Crippen LogP contribution is -2.26. The lowest BCUT2D eigenvalue weighted by Gasteiger charge is -2.21. The van der Waals surface area contributed by atoms with Gasteiger partial charge >= 0.3 is 0 Å². The zero-order valence-electron chi connectivity index (χ0n) is 11.5. The molecule has 1 amide bonds. The summed E-state index contributed by atoms with van der Waals surface area (Å²) in [5.74, 6) is 1.58. The molecule has 0 aromatic carbocycles. The zero-order valence-corrected chi connectivity index (χ0v) is 13.1. The molecule has 2 rings (SSSR count). The van der Waals surface area contributed by atoms with Crippen LogP contribution in [0.1, 0.15) is 20.3 Å². The van der Waals surface area contributed by atoms with Crippen LogP contribution in [0.2, 0.25) is 0 Å². The third kappa shape index (κ3) is 3.08. The number of hydrogen-bond donors (Lipinski definition) is 0. The molecule has 1 aromatic heterocycles. The number of rotatable bonds is 5. The number of halogens is 1. The molecular formula is C14H20BrN3O. The Labute approximate surface area is 122 Å². The maximum absolute atomic E-state index is 11.9. The lowest BCUT2D eigenvalue weighted by molar-refractivity contribution is -0.117. The summed E-state index contributed by atoms with van der Waals surface area (Å²) in [5, 5.41) is 0.875. The van der Waals surface area contributed by atoms with Crippen LogP contribution in [0, 0.1) is 5.92 Å². The first-order chi connectivity index (χ1) is 9.19.